The maximum atomic E-state index is 12.6. The van der Waals surface area contributed by atoms with Gasteiger partial charge in [0, 0.05) is 23.3 Å². The Kier molecular flexibility index (Phi) is 12.6. The minimum atomic E-state index is -4.57. The number of aliphatic hydroxyl groups excluding tert-OH is 2. The quantitative estimate of drug-likeness (QED) is 0.276. The maximum Gasteiger partial charge on any atom is 0.417 e. The van der Waals surface area contributed by atoms with Crippen molar-refractivity contribution in [3.05, 3.63) is 71.3 Å². The Morgan fingerprint density at radius 2 is 1.50 bits per heavy atom. The molecule has 0 saturated carbocycles. The van der Waals surface area contributed by atoms with Gasteiger partial charge in [-0.1, -0.05) is 0 Å². The van der Waals surface area contributed by atoms with E-state index in [1.807, 2.05) is 0 Å². The fourth-order valence-corrected chi connectivity index (χ4v) is 5.03. The molecule has 2 aromatic heterocycles. The van der Waals surface area contributed by atoms with Crippen LogP contribution in [0.4, 0.5) is 32.2 Å². The highest BCUT2D eigenvalue weighted by Gasteiger charge is 2.41. The summed E-state index contributed by atoms with van der Waals surface area (Å²) >= 11 is 11.6. The molecule has 2 aromatic rings. The van der Waals surface area contributed by atoms with Gasteiger partial charge in [-0.15, -0.1) is 0 Å². The highest BCUT2D eigenvalue weighted by atomic mass is 79.9. The molecule has 0 bridgehead atoms. The molecule has 3 heterocycles. The van der Waals surface area contributed by atoms with Gasteiger partial charge in [-0.05, 0) is 81.9 Å². The van der Waals surface area contributed by atoms with E-state index in [9.17, 15) is 41.0 Å². The van der Waals surface area contributed by atoms with Gasteiger partial charge in [-0.2, -0.15) is 26.3 Å². The molecular weight excluding hydrogens is 848 g/mol. The molecule has 0 spiro atoms. The van der Waals surface area contributed by atoms with Crippen LogP contribution >= 0.6 is 63.7 Å². The van der Waals surface area contributed by atoms with Crippen LogP contribution in [0.2, 0.25) is 0 Å². The number of hydrogen-bond acceptors (Lipinski definition) is 8. The van der Waals surface area contributed by atoms with Crippen LogP contribution < -0.4 is 4.90 Å². The van der Waals surface area contributed by atoms with Crippen molar-refractivity contribution in [1.82, 2.24) is 9.97 Å². The van der Waals surface area contributed by atoms with E-state index in [1.165, 1.54) is 14.2 Å². The lowest BCUT2D eigenvalue weighted by Crippen LogP contribution is -2.36. The summed E-state index contributed by atoms with van der Waals surface area (Å²) in [7, 11) is 2.62. The summed E-state index contributed by atoms with van der Waals surface area (Å²) in [6.07, 6.45) is -8.95. The molecule has 2 atom stereocenters. The molecule has 2 unspecified atom stereocenters. The molecule has 19 heteroatoms. The van der Waals surface area contributed by atoms with Crippen LogP contribution in [0.5, 0.6) is 0 Å². The van der Waals surface area contributed by atoms with E-state index in [1.54, 1.807) is 0 Å². The molecule has 1 aliphatic heterocycles. The Morgan fingerprint density at radius 1 is 0.905 bits per heavy atom. The molecule has 2 aliphatic rings. The smallest absolute Gasteiger partial charge is 0.417 e. The Balaban J connectivity index is 0.000000239. The maximum absolute atomic E-state index is 12.6. The molecule has 0 fully saturated rings. The van der Waals surface area contributed by atoms with Crippen molar-refractivity contribution in [1.29, 1.82) is 0 Å². The fraction of sp³-hybridized carbons (Fsp3) is 0.304. The number of amides is 1. The number of aliphatic hydroxyl groups is 2. The van der Waals surface area contributed by atoms with E-state index >= 15 is 0 Å². The lowest BCUT2D eigenvalue weighted by atomic mass is 10.2. The third kappa shape index (κ3) is 8.75. The van der Waals surface area contributed by atoms with Crippen molar-refractivity contribution in [3.8, 4) is 0 Å². The van der Waals surface area contributed by atoms with E-state index in [-0.39, 0.29) is 43.1 Å². The summed E-state index contributed by atoms with van der Waals surface area (Å²) in [4.78, 5) is 30.8. The van der Waals surface area contributed by atoms with Crippen LogP contribution in [0.15, 0.2) is 60.2 Å². The van der Waals surface area contributed by atoms with Crippen molar-refractivity contribution in [2.75, 3.05) is 19.1 Å². The van der Waals surface area contributed by atoms with Gasteiger partial charge in [0.1, 0.15) is 10.4 Å². The summed E-state index contributed by atoms with van der Waals surface area (Å²) in [6.45, 7) is 0. The molecule has 4 rings (SSSR count). The Hall–Kier alpha value is -2.06. The van der Waals surface area contributed by atoms with E-state index in [0.29, 0.717) is 15.4 Å². The number of methoxy groups -OCH3 is 2. The second kappa shape index (κ2) is 14.6. The van der Waals surface area contributed by atoms with Gasteiger partial charge in [-0.3, -0.25) is 14.5 Å². The number of nitrogens with zero attached hydrogens (tertiary/aromatic N) is 3. The van der Waals surface area contributed by atoms with E-state index in [0.717, 1.165) is 24.5 Å². The Labute approximate surface area is 267 Å². The van der Waals surface area contributed by atoms with Gasteiger partial charge in [-0.25, -0.2) is 9.97 Å². The number of anilines is 1. The van der Waals surface area contributed by atoms with Crippen LogP contribution in [0.3, 0.4) is 0 Å². The number of ether oxygens (including phenoxy) is 2. The topological polar surface area (TPSA) is 122 Å². The highest BCUT2D eigenvalue weighted by Crippen LogP contribution is 2.37. The van der Waals surface area contributed by atoms with Crippen LogP contribution in [0.1, 0.15) is 17.5 Å². The molecular formula is C23H17Br4F6N3O6. The SMILES string of the molecule is COC1=C(Br)C(O)CC1=O.COC1=C(Br)C(O)N(c2cc(C(F)(F)F)ccn2)C1=O.FC(F)(F)c1cc(Br)ncc1Br. The van der Waals surface area contributed by atoms with Crippen molar-refractivity contribution in [2.45, 2.75) is 31.1 Å². The monoisotopic (exact) mass is 861 g/mol. The van der Waals surface area contributed by atoms with Gasteiger partial charge >= 0.3 is 12.4 Å². The summed E-state index contributed by atoms with van der Waals surface area (Å²) in [5.41, 5.74) is -1.70. The fourth-order valence-electron chi connectivity index (χ4n) is 3.18. The molecule has 1 amide bonds. The summed E-state index contributed by atoms with van der Waals surface area (Å²) in [6, 6.07) is 2.38. The highest BCUT2D eigenvalue weighted by molar-refractivity contribution is 9.12. The number of Topliss-reactive ketones (excluding diaryl/α,β-unsaturated/α-hetero) is 1. The third-order valence-electron chi connectivity index (χ3n) is 5.10. The van der Waals surface area contributed by atoms with E-state index in [4.69, 9.17) is 14.6 Å². The zero-order valence-electron chi connectivity index (χ0n) is 20.9. The zero-order valence-corrected chi connectivity index (χ0v) is 27.2. The number of aromatic nitrogens is 2. The van der Waals surface area contributed by atoms with Gasteiger partial charge in [0.2, 0.25) is 5.78 Å². The molecule has 230 valence electrons. The second-order valence-electron chi connectivity index (χ2n) is 7.84. The first-order chi connectivity index (χ1) is 19.3. The standard InChI is InChI=1S/C11H8BrF3N2O3.C6H2Br2F3N.C6H7BrO3/c1-20-8-7(12)9(18)17(10(8)19)6-4-5(2-3-16-6)11(13,14)15;7-4-2-12-5(8)1-3(4)6(9,10)11;1-10-6-4(9)2-3(8)5(6)7/h2-4,9,18H,1H3;1-2H;3,8H,2H2,1H3. The van der Waals surface area contributed by atoms with Gasteiger partial charge < -0.3 is 19.7 Å². The van der Waals surface area contributed by atoms with Gasteiger partial charge in [0.25, 0.3) is 5.91 Å². The summed E-state index contributed by atoms with van der Waals surface area (Å²) in [5, 5.41) is 18.9. The number of halogens is 10. The number of carbonyl (C=O) groups is 2. The van der Waals surface area contributed by atoms with Crippen molar-refractivity contribution >= 4 is 81.2 Å². The number of alkyl halides is 6. The number of allylic oxidation sites excluding steroid dienone is 1. The van der Waals surface area contributed by atoms with Crippen molar-refractivity contribution < 1.29 is 55.6 Å². The largest absolute Gasteiger partial charge is 0.492 e. The minimum Gasteiger partial charge on any atom is -0.492 e. The zero-order chi connectivity index (χ0) is 32.2. The first-order valence-corrected chi connectivity index (χ1v) is 14.0. The lowest BCUT2D eigenvalue weighted by Gasteiger charge is -2.20. The van der Waals surface area contributed by atoms with Gasteiger partial charge in [0.05, 0.1) is 40.4 Å². The van der Waals surface area contributed by atoms with Crippen LogP contribution in [-0.4, -0.2) is 58.4 Å². The minimum absolute atomic E-state index is 0.0317. The number of pyridine rings is 2. The first kappa shape index (κ1) is 36.1. The summed E-state index contributed by atoms with van der Waals surface area (Å²) < 4.78 is 84.5. The first-order valence-electron chi connectivity index (χ1n) is 10.9. The molecule has 9 nitrogen and oxygen atoms in total. The average molecular weight is 865 g/mol. The molecule has 0 aromatic carbocycles. The molecule has 0 radical (unpaired) electrons. The molecule has 1 aliphatic carbocycles. The average Bonchev–Trinajstić information content (AvgIpc) is 3.28. The van der Waals surface area contributed by atoms with E-state index in [2.05, 4.69) is 73.7 Å². The van der Waals surface area contributed by atoms with E-state index < -0.39 is 41.7 Å². The van der Waals surface area contributed by atoms with Crippen LogP contribution in [-0.2, 0) is 31.4 Å². The Morgan fingerprint density at radius 3 is 1.90 bits per heavy atom. The van der Waals surface area contributed by atoms with Crippen molar-refractivity contribution in [2.24, 2.45) is 0 Å². The second-order valence-corrected chi connectivity index (χ2v) is 11.2. The normalized spacial score (nSPS) is 19.0. The van der Waals surface area contributed by atoms with Gasteiger partial charge in [0.15, 0.2) is 17.7 Å². The third-order valence-corrected chi connectivity index (χ3v) is 7.82. The number of ketones is 1. The summed E-state index contributed by atoms with van der Waals surface area (Å²) in [5.74, 6) is -1.19. The molecule has 0 saturated heterocycles. The number of carbonyl (C=O) groups excluding carboxylic acids is 2. The Bertz CT molecular complexity index is 1400. The van der Waals surface area contributed by atoms with Crippen molar-refractivity contribution in [3.63, 3.8) is 0 Å². The molecule has 2 N–H and O–H groups in total. The number of rotatable bonds is 3. The lowest BCUT2D eigenvalue weighted by molar-refractivity contribution is -0.138. The van der Waals surface area contributed by atoms with Crippen LogP contribution in [0, 0.1) is 0 Å². The predicted octanol–water partition coefficient (Wildman–Crippen LogP) is 6.22. The predicted molar refractivity (Wildman–Crippen MR) is 149 cm³/mol. The van der Waals surface area contributed by atoms with Crippen LogP contribution in [0.25, 0.3) is 0 Å². The molecule has 42 heavy (non-hydrogen) atoms. The number of hydrogen-bond donors (Lipinski definition) is 2.